The van der Waals surface area contributed by atoms with Gasteiger partial charge in [-0.2, -0.15) is 0 Å². The normalized spacial score (nSPS) is 15.9. The molecule has 2 heterocycles. The Morgan fingerprint density at radius 1 is 1.06 bits per heavy atom. The SMILES string of the molecule is CCOC(=O)C1=C(C)N=c2s/c(=C\c3cccc4ccccc34)c(=O)n2C1c1ccc(C)cc1. The van der Waals surface area contributed by atoms with E-state index >= 15 is 0 Å². The van der Waals surface area contributed by atoms with Crippen molar-refractivity contribution < 1.29 is 9.53 Å². The van der Waals surface area contributed by atoms with Crippen LogP contribution in [-0.2, 0) is 9.53 Å². The number of nitrogens with zero attached hydrogens (tertiary/aromatic N) is 2. The van der Waals surface area contributed by atoms with E-state index < -0.39 is 12.0 Å². The summed E-state index contributed by atoms with van der Waals surface area (Å²) in [5.41, 5.74) is 3.72. The van der Waals surface area contributed by atoms with Gasteiger partial charge in [-0.1, -0.05) is 83.6 Å². The molecular weight excluding hydrogens is 444 g/mol. The Kier molecular flexibility index (Phi) is 5.75. The van der Waals surface area contributed by atoms with Gasteiger partial charge in [0, 0.05) is 0 Å². The van der Waals surface area contributed by atoms with Crippen molar-refractivity contribution in [3.63, 3.8) is 0 Å². The number of esters is 1. The number of carbonyl (C=O) groups is 1. The smallest absolute Gasteiger partial charge is 0.338 e. The lowest BCUT2D eigenvalue weighted by Gasteiger charge is -2.24. The molecule has 6 heteroatoms. The Bertz CT molecular complexity index is 1620. The molecule has 5 rings (SSSR count). The topological polar surface area (TPSA) is 60.7 Å². The lowest BCUT2D eigenvalue weighted by atomic mass is 9.95. The molecule has 0 amide bonds. The lowest BCUT2D eigenvalue weighted by molar-refractivity contribution is -0.139. The van der Waals surface area contributed by atoms with E-state index in [1.807, 2.05) is 61.5 Å². The number of hydrogen-bond acceptors (Lipinski definition) is 5. The van der Waals surface area contributed by atoms with Gasteiger partial charge in [-0.15, -0.1) is 0 Å². The molecule has 0 N–H and O–H groups in total. The molecule has 0 bridgehead atoms. The number of rotatable bonds is 4. The second-order valence-corrected chi connectivity index (χ2v) is 9.29. The molecular formula is C28H24N2O3S. The summed E-state index contributed by atoms with van der Waals surface area (Å²) in [6, 6.07) is 21.5. The first kappa shape index (κ1) is 22.0. The first-order valence-electron chi connectivity index (χ1n) is 11.2. The fraction of sp³-hybridized carbons (Fsp3) is 0.179. The van der Waals surface area contributed by atoms with E-state index in [0.29, 0.717) is 20.6 Å². The van der Waals surface area contributed by atoms with Gasteiger partial charge < -0.3 is 4.74 Å². The quantitative estimate of drug-likeness (QED) is 0.421. The molecule has 0 radical (unpaired) electrons. The summed E-state index contributed by atoms with van der Waals surface area (Å²) in [5, 5.41) is 2.19. The van der Waals surface area contributed by atoms with Crippen LogP contribution in [0.2, 0.25) is 0 Å². The van der Waals surface area contributed by atoms with Crippen LogP contribution in [0.3, 0.4) is 0 Å². The van der Waals surface area contributed by atoms with E-state index in [-0.39, 0.29) is 12.2 Å². The van der Waals surface area contributed by atoms with E-state index in [0.717, 1.165) is 27.5 Å². The lowest BCUT2D eigenvalue weighted by Crippen LogP contribution is -2.39. The molecule has 1 unspecified atom stereocenters. The minimum atomic E-state index is -0.592. The van der Waals surface area contributed by atoms with E-state index in [9.17, 15) is 9.59 Å². The standard InChI is InChI=1S/C28H24N2O3S/c1-4-33-27(32)24-18(3)29-28-30(25(24)20-14-12-17(2)13-15-20)26(31)23(34-28)16-21-10-7-9-19-8-5-6-11-22(19)21/h5-16,25H,4H2,1-3H3/b23-16-. The van der Waals surface area contributed by atoms with Crippen LogP contribution in [-0.4, -0.2) is 17.1 Å². The highest BCUT2D eigenvalue weighted by molar-refractivity contribution is 7.07. The molecule has 170 valence electrons. The molecule has 1 aromatic heterocycles. The number of ether oxygens (including phenoxy) is 1. The van der Waals surface area contributed by atoms with E-state index in [1.165, 1.54) is 11.3 Å². The van der Waals surface area contributed by atoms with Crippen LogP contribution >= 0.6 is 11.3 Å². The molecule has 34 heavy (non-hydrogen) atoms. The van der Waals surface area contributed by atoms with Gasteiger partial charge in [-0.25, -0.2) is 9.79 Å². The number of aromatic nitrogens is 1. The third-order valence-corrected chi connectivity index (χ3v) is 7.00. The Balaban J connectivity index is 1.75. The van der Waals surface area contributed by atoms with Gasteiger partial charge in [-0.3, -0.25) is 9.36 Å². The molecule has 3 aromatic carbocycles. The number of aryl methyl sites for hydroxylation is 1. The van der Waals surface area contributed by atoms with Crippen molar-refractivity contribution in [2.75, 3.05) is 6.61 Å². The van der Waals surface area contributed by atoms with Crippen LogP contribution in [0.4, 0.5) is 0 Å². The summed E-state index contributed by atoms with van der Waals surface area (Å²) < 4.78 is 7.56. The van der Waals surface area contributed by atoms with Gasteiger partial charge in [0.15, 0.2) is 4.80 Å². The van der Waals surface area contributed by atoms with Crippen molar-refractivity contribution in [3.05, 3.63) is 114 Å². The van der Waals surface area contributed by atoms with Crippen LogP contribution in [0, 0.1) is 6.92 Å². The monoisotopic (exact) mass is 468 g/mol. The zero-order valence-corrected chi connectivity index (χ0v) is 20.1. The van der Waals surface area contributed by atoms with E-state index in [4.69, 9.17) is 4.74 Å². The van der Waals surface area contributed by atoms with Gasteiger partial charge >= 0.3 is 5.97 Å². The molecule has 5 nitrogen and oxygen atoms in total. The largest absolute Gasteiger partial charge is 0.463 e. The highest BCUT2D eigenvalue weighted by atomic mass is 32.1. The molecule has 1 aliphatic heterocycles. The Morgan fingerprint density at radius 3 is 2.56 bits per heavy atom. The summed E-state index contributed by atoms with van der Waals surface area (Å²) >= 11 is 1.34. The average Bonchev–Trinajstić information content (AvgIpc) is 3.13. The van der Waals surface area contributed by atoms with Crippen molar-refractivity contribution >= 4 is 34.2 Å². The third kappa shape index (κ3) is 3.80. The molecule has 0 spiro atoms. The number of allylic oxidation sites excluding steroid dienone is 1. The summed E-state index contributed by atoms with van der Waals surface area (Å²) in [7, 11) is 0. The zero-order valence-electron chi connectivity index (χ0n) is 19.2. The van der Waals surface area contributed by atoms with Gasteiger partial charge in [0.2, 0.25) is 0 Å². The highest BCUT2D eigenvalue weighted by Crippen LogP contribution is 2.31. The Hall–Kier alpha value is -3.77. The van der Waals surface area contributed by atoms with Crippen molar-refractivity contribution in [2.24, 2.45) is 4.99 Å². The molecule has 1 aliphatic rings. The van der Waals surface area contributed by atoms with Crippen molar-refractivity contribution in [1.29, 1.82) is 0 Å². The summed E-state index contributed by atoms with van der Waals surface area (Å²) in [4.78, 5) is 31.9. The number of hydrogen-bond donors (Lipinski definition) is 0. The van der Waals surface area contributed by atoms with E-state index in [2.05, 4.69) is 23.2 Å². The number of benzene rings is 3. The summed E-state index contributed by atoms with van der Waals surface area (Å²) in [5.74, 6) is -0.447. The summed E-state index contributed by atoms with van der Waals surface area (Å²) in [6.45, 7) is 5.83. The van der Waals surface area contributed by atoms with E-state index in [1.54, 1.807) is 18.4 Å². The zero-order chi connectivity index (χ0) is 23.8. The van der Waals surface area contributed by atoms with Crippen molar-refractivity contribution in [3.8, 4) is 0 Å². The fourth-order valence-electron chi connectivity index (χ4n) is 4.37. The van der Waals surface area contributed by atoms with Crippen LogP contribution in [0.5, 0.6) is 0 Å². The number of carbonyl (C=O) groups excluding carboxylic acids is 1. The van der Waals surface area contributed by atoms with Crippen LogP contribution in [0.1, 0.15) is 36.6 Å². The molecule has 0 saturated heterocycles. The first-order valence-corrected chi connectivity index (χ1v) is 12.0. The van der Waals surface area contributed by atoms with Gasteiger partial charge in [0.05, 0.1) is 28.5 Å². The third-order valence-electron chi connectivity index (χ3n) is 6.02. The predicted molar refractivity (Wildman–Crippen MR) is 136 cm³/mol. The highest BCUT2D eigenvalue weighted by Gasteiger charge is 2.33. The number of fused-ring (bicyclic) bond motifs is 2. The van der Waals surface area contributed by atoms with Crippen molar-refractivity contribution in [2.45, 2.75) is 26.8 Å². The predicted octanol–water partition coefficient (Wildman–Crippen LogP) is 4.26. The second-order valence-electron chi connectivity index (χ2n) is 8.28. The fourth-order valence-corrected chi connectivity index (χ4v) is 5.41. The minimum absolute atomic E-state index is 0.170. The molecule has 0 fully saturated rings. The van der Waals surface area contributed by atoms with Crippen molar-refractivity contribution in [1.82, 2.24) is 4.57 Å². The maximum atomic E-state index is 13.7. The molecule has 0 aliphatic carbocycles. The Morgan fingerprint density at radius 2 is 1.79 bits per heavy atom. The van der Waals surface area contributed by atoms with Crippen LogP contribution < -0.4 is 14.9 Å². The number of thiazole rings is 1. The molecule has 4 aromatic rings. The van der Waals surface area contributed by atoms with Crippen LogP contribution in [0.15, 0.2) is 87.8 Å². The minimum Gasteiger partial charge on any atom is -0.463 e. The van der Waals surface area contributed by atoms with Gasteiger partial charge in [0.1, 0.15) is 0 Å². The average molecular weight is 469 g/mol. The maximum Gasteiger partial charge on any atom is 0.338 e. The van der Waals surface area contributed by atoms with Gasteiger partial charge in [-0.05, 0) is 48.7 Å². The molecule has 0 saturated carbocycles. The maximum absolute atomic E-state index is 13.7. The molecule has 1 atom stereocenters. The Labute approximate surface area is 201 Å². The first-order chi connectivity index (χ1) is 16.5. The summed E-state index contributed by atoms with van der Waals surface area (Å²) in [6.07, 6.45) is 1.92. The second kappa shape index (κ2) is 8.88. The van der Waals surface area contributed by atoms with Crippen LogP contribution in [0.25, 0.3) is 16.8 Å². The van der Waals surface area contributed by atoms with Gasteiger partial charge in [0.25, 0.3) is 5.56 Å².